The summed E-state index contributed by atoms with van der Waals surface area (Å²) in [5.74, 6) is 0.0378. The number of carbonyl (C=O) groups is 2. The summed E-state index contributed by atoms with van der Waals surface area (Å²) in [6.07, 6.45) is 0.497. The van der Waals surface area contributed by atoms with Crippen LogP contribution >= 0.6 is 0 Å². The van der Waals surface area contributed by atoms with E-state index in [-0.39, 0.29) is 17.4 Å². The fourth-order valence-electron chi connectivity index (χ4n) is 2.87. The van der Waals surface area contributed by atoms with Gasteiger partial charge in [0.05, 0.1) is 0 Å². The summed E-state index contributed by atoms with van der Waals surface area (Å²) < 4.78 is 0. The van der Waals surface area contributed by atoms with E-state index in [1.165, 1.54) is 0 Å². The molecule has 2 rings (SSSR count). The van der Waals surface area contributed by atoms with Gasteiger partial charge in [0.1, 0.15) is 0 Å². The molecule has 0 aromatic heterocycles. The first-order valence-corrected chi connectivity index (χ1v) is 8.96. The third kappa shape index (κ3) is 5.96. The summed E-state index contributed by atoms with van der Waals surface area (Å²) in [5.41, 5.74) is 1.91. The van der Waals surface area contributed by atoms with Crippen molar-refractivity contribution in [2.75, 3.05) is 42.9 Å². The number of benzene rings is 1. The van der Waals surface area contributed by atoms with Gasteiger partial charge >= 0.3 is 6.03 Å². The van der Waals surface area contributed by atoms with Gasteiger partial charge in [0.25, 0.3) is 0 Å². The monoisotopic (exact) mass is 346 g/mol. The van der Waals surface area contributed by atoms with E-state index in [1.807, 2.05) is 36.1 Å². The number of urea groups is 1. The average Bonchev–Trinajstić information content (AvgIpc) is 2.54. The molecule has 2 N–H and O–H groups in total. The molecule has 1 saturated heterocycles. The molecule has 1 aromatic carbocycles. The normalized spacial score (nSPS) is 15.0. The molecule has 1 aliphatic rings. The molecule has 0 aliphatic carbocycles. The van der Waals surface area contributed by atoms with Crippen LogP contribution in [0.5, 0.6) is 0 Å². The Labute approximate surface area is 150 Å². The molecule has 6 heteroatoms. The lowest BCUT2D eigenvalue weighted by atomic mass is 9.92. The first-order valence-electron chi connectivity index (χ1n) is 8.96. The van der Waals surface area contributed by atoms with Crippen LogP contribution in [-0.4, -0.2) is 49.6 Å². The Morgan fingerprint density at radius 3 is 2.16 bits per heavy atom. The number of hydrogen-bond donors (Lipinski definition) is 2. The van der Waals surface area contributed by atoms with E-state index in [0.717, 1.165) is 37.6 Å². The molecule has 3 amide bonds. The summed E-state index contributed by atoms with van der Waals surface area (Å²) in [6.45, 7) is 11.8. The summed E-state index contributed by atoms with van der Waals surface area (Å²) in [6, 6.07) is 7.93. The van der Waals surface area contributed by atoms with Crippen molar-refractivity contribution in [2.24, 2.45) is 5.41 Å². The largest absolute Gasteiger partial charge is 0.368 e. The Kier molecular flexibility index (Phi) is 6.28. The van der Waals surface area contributed by atoms with Crippen LogP contribution in [0.2, 0.25) is 0 Å². The van der Waals surface area contributed by atoms with Crippen LogP contribution in [0.25, 0.3) is 0 Å². The predicted octanol–water partition coefficient (Wildman–Crippen LogP) is 2.91. The first kappa shape index (κ1) is 19.1. The highest BCUT2D eigenvalue weighted by atomic mass is 16.2. The van der Waals surface area contributed by atoms with Crippen molar-refractivity contribution in [3.8, 4) is 0 Å². The zero-order valence-electron chi connectivity index (χ0n) is 15.8. The third-order valence-electron chi connectivity index (χ3n) is 4.10. The van der Waals surface area contributed by atoms with E-state index in [2.05, 4.69) is 36.3 Å². The smallest absolute Gasteiger partial charge is 0.317 e. The van der Waals surface area contributed by atoms with Gasteiger partial charge in [-0.1, -0.05) is 20.8 Å². The highest BCUT2D eigenvalue weighted by molar-refractivity contribution is 5.91. The van der Waals surface area contributed by atoms with E-state index in [4.69, 9.17) is 0 Å². The minimum absolute atomic E-state index is 0.0130. The van der Waals surface area contributed by atoms with Gasteiger partial charge in [0.15, 0.2) is 0 Å². The Morgan fingerprint density at radius 1 is 1.04 bits per heavy atom. The maximum Gasteiger partial charge on any atom is 0.317 e. The molecule has 0 saturated carbocycles. The number of anilines is 2. The van der Waals surface area contributed by atoms with E-state index in [9.17, 15) is 9.59 Å². The van der Waals surface area contributed by atoms with Crippen molar-refractivity contribution in [1.29, 1.82) is 0 Å². The standard InChI is InChI=1S/C19H30N4O2/c1-5-20-18(25)23-12-10-22(11-13-23)16-8-6-15(7-9-16)21-17(24)14-19(2,3)4/h6-9H,5,10-14H2,1-4H3,(H,20,25)(H,21,24). The molecule has 0 spiro atoms. The van der Waals surface area contributed by atoms with Crippen LogP contribution < -0.4 is 15.5 Å². The highest BCUT2D eigenvalue weighted by Crippen LogP contribution is 2.22. The quantitative estimate of drug-likeness (QED) is 0.881. The average molecular weight is 346 g/mol. The van der Waals surface area contributed by atoms with Crippen molar-refractivity contribution >= 4 is 23.3 Å². The van der Waals surface area contributed by atoms with Crippen molar-refractivity contribution < 1.29 is 9.59 Å². The minimum atomic E-state index is -0.0201. The zero-order chi connectivity index (χ0) is 18.4. The fourth-order valence-corrected chi connectivity index (χ4v) is 2.87. The van der Waals surface area contributed by atoms with Crippen molar-refractivity contribution in [2.45, 2.75) is 34.1 Å². The van der Waals surface area contributed by atoms with Crippen molar-refractivity contribution in [3.05, 3.63) is 24.3 Å². The zero-order valence-corrected chi connectivity index (χ0v) is 15.8. The Bertz CT molecular complexity index is 584. The summed E-state index contributed by atoms with van der Waals surface area (Å²) in [5, 5.41) is 5.79. The van der Waals surface area contributed by atoms with Gasteiger partial charge in [0, 0.05) is 50.5 Å². The SMILES string of the molecule is CCNC(=O)N1CCN(c2ccc(NC(=O)CC(C)(C)C)cc2)CC1. The number of nitrogens with zero attached hydrogens (tertiary/aromatic N) is 2. The maximum absolute atomic E-state index is 12.0. The molecule has 1 fully saturated rings. The second-order valence-electron chi connectivity index (χ2n) is 7.64. The molecule has 0 bridgehead atoms. The Hall–Kier alpha value is -2.24. The van der Waals surface area contributed by atoms with Crippen molar-refractivity contribution in [1.82, 2.24) is 10.2 Å². The van der Waals surface area contributed by atoms with Gasteiger partial charge in [0.2, 0.25) is 5.91 Å². The second kappa shape index (κ2) is 8.23. The second-order valence-corrected chi connectivity index (χ2v) is 7.64. The molecular formula is C19H30N4O2. The molecule has 0 unspecified atom stereocenters. The topological polar surface area (TPSA) is 64.7 Å². The molecule has 138 valence electrons. The minimum Gasteiger partial charge on any atom is -0.368 e. The van der Waals surface area contributed by atoms with Crippen molar-refractivity contribution in [3.63, 3.8) is 0 Å². The molecule has 1 aromatic rings. The molecule has 1 heterocycles. The van der Waals surface area contributed by atoms with Crippen LogP contribution in [0.3, 0.4) is 0 Å². The predicted molar refractivity (Wildman–Crippen MR) is 102 cm³/mol. The third-order valence-corrected chi connectivity index (χ3v) is 4.10. The van der Waals surface area contributed by atoms with Gasteiger partial charge in [-0.05, 0) is 36.6 Å². The van der Waals surface area contributed by atoms with Gasteiger partial charge in [-0.3, -0.25) is 4.79 Å². The maximum atomic E-state index is 12.0. The summed E-state index contributed by atoms with van der Waals surface area (Å²) in [7, 11) is 0. The van der Waals surface area contributed by atoms with Crippen LogP contribution in [-0.2, 0) is 4.79 Å². The van der Waals surface area contributed by atoms with Crippen LogP contribution in [0.4, 0.5) is 16.2 Å². The summed E-state index contributed by atoms with van der Waals surface area (Å²) >= 11 is 0. The van der Waals surface area contributed by atoms with E-state index < -0.39 is 0 Å². The summed E-state index contributed by atoms with van der Waals surface area (Å²) in [4.78, 5) is 28.0. The first-order chi connectivity index (χ1) is 11.8. The van der Waals surface area contributed by atoms with Gasteiger partial charge < -0.3 is 20.4 Å². The lowest BCUT2D eigenvalue weighted by Crippen LogP contribution is -2.51. The molecule has 0 radical (unpaired) electrons. The number of piperazine rings is 1. The van der Waals surface area contributed by atoms with Gasteiger partial charge in [-0.2, -0.15) is 0 Å². The molecule has 1 aliphatic heterocycles. The lowest BCUT2D eigenvalue weighted by Gasteiger charge is -2.36. The molecular weight excluding hydrogens is 316 g/mol. The molecule has 0 atom stereocenters. The van der Waals surface area contributed by atoms with Crippen LogP contribution in [0.1, 0.15) is 34.1 Å². The number of amides is 3. The molecule has 6 nitrogen and oxygen atoms in total. The Balaban J connectivity index is 1.86. The number of carbonyl (C=O) groups excluding carboxylic acids is 2. The number of nitrogens with one attached hydrogen (secondary N) is 2. The van der Waals surface area contributed by atoms with Gasteiger partial charge in [-0.15, -0.1) is 0 Å². The fraction of sp³-hybridized carbons (Fsp3) is 0.579. The number of rotatable bonds is 4. The highest BCUT2D eigenvalue weighted by Gasteiger charge is 2.21. The van der Waals surface area contributed by atoms with Gasteiger partial charge in [-0.25, -0.2) is 4.79 Å². The van der Waals surface area contributed by atoms with E-state index >= 15 is 0 Å². The molecule has 25 heavy (non-hydrogen) atoms. The lowest BCUT2D eigenvalue weighted by molar-refractivity contribution is -0.117. The van der Waals surface area contributed by atoms with Crippen LogP contribution in [0, 0.1) is 5.41 Å². The number of hydrogen-bond acceptors (Lipinski definition) is 3. The van der Waals surface area contributed by atoms with E-state index in [1.54, 1.807) is 0 Å². The van der Waals surface area contributed by atoms with Crippen LogP contribution in [0.15, 0.2) is 24.3 Å². The van der Waals surface area contributed by atoms with E-state index in [0.29, 0.717) is 13.0 Å². The Morgan fingerprint density at radius 2 is 1.64 bits per heavy atom.